The fourth-order valence-corrected chi connectivity index (χ4v) is 3.22. The average molecular weight is 335 g/mol. The molecule has 2 aromatic rings. The van der Waals surface area contributed by atoms with Crippen LogP contribution in [0.2, 0.25) is 0 Å². The third-order valence-electron chi connectivity index (χ3n) is 4.99. The molecule has 2 unspecified atom stereocenters. The Bertz CT molecular complexity index is 733. The molecule has 0 amide bonds. The zero-order valence-corrected chi connectivity index (χ0v) is 14.1. The standard InChI is InChI=1S/C19H23F2NO2/c1-12-9-13(12)5-3-4-8-19(20,21)16-10-14-6-7-15(24-2)11-17(14)22-18(16)23/h6-7,10-13H,3-5,8-9H2,1-2H3,(H,22,23). The van der Waals surface area contributed by atoms with Crippen LogP contribution in [0.1, 0.15) is 44.6 Å². The normalized spacial score (nSPS) is 20.3. The largest absolute Gasteiger partial charge is 0.497 e. The van der Waals surface area contributed by atoms with Crippen LogP contribution >= 0.6 is 0 Å². The highest BCUT2D eigenvalue weighted by atomic mass is 19.3. The second kappa shape index (κ2) is 6.54. The maximum Gasteiger partial charge on any atom is 0.278 e. The number of aromatic nitrogens is 1. The van der Waals surface area contributed by atoms with Crippen molar-refractivity contribution < 1.29 is 18.6 Å². The van der Waals surface area contributed by atoms with Crippen molar-refractivity contribution >= 4 is 10.9 Å². The van der Waals surface area contributed by atoms with E-state index in [1.54, 1.807) is 18.2 Å². The molecule has 2 atom stereocenters. The molecule has 3 rings (SSSR count). The molecule has 0 bridgehead atoms. The maximum atomic E-state index is 14.5. The van der Waals surface area contributed by atoms with Crippen LogP contribution in [0.25, 0.3) is 10.9 Å². The summed E-state index contributed by atoms with van der Waals surface area (Å²) in [5, 5.41) is 10.5. The van der Waals surface area contributed by atoms with Crippen molar-refractivity contribution in [2.24, 2.45) is 11.8 Å². The first-order chi connectivity index (χ1) is 11.4. The number of alkyl halides is 2. The lowest BCUT2D eigenvalue weighted by molar-refractivity contribution is -0.0182. The number of rotatable bonds is 7. The van der Waals surface area contributed by atoms with Crippen LogP contribution in [-0.4, -0.2) is 17.2 Å². The minimum Gasteiger partial charge on any atom is -0.497 e. The number of pyridine rings is 1. The van der Waals surface area contributed by atoms with E-state index >= 15 is 0 Å². The molecule has 3 nitrogen and oxygen atoms in total. The molecule has 1 aromatic carbocycles. The zero-order valence-electron chi connectivity index (χ0n) is 14.1. The second-order valence-electron chi connectivity index (χ2n) is 6.84. The summed E-state index contributed by atoms with van der Waals surface area (Å²) in [5.41, 5.74) is 0.0501. The van der Waals surface area contributed by atoms with Crippen LogP contribution in [-0.2, 0) is 5.92 Å². The van der Waals surface area contributed by atoms with E-state index in [9.17, 15) is 13.9 Å². The lowest BCUT2D eigenvalue weighted by atomic mass is 10.0. The van der Waals surface area contributed by atoms with Crippen LogP contribution in [0.15, 0.2) is 24.3 Å². The summed E-state index contributed by atoms with van der Waals surface area (Å²) in [5.74, 6) is -1.61. The molecule has 1 aromatic heterocycles. The van der Waals surface area contributed by atoms with Crippen molar-refractivity contribution in [3.8, 4) is 11.6 Å². The molecular weight excluding hydrogens is 312 g/mol. The predicted octanol–water partition coefficient (Wildman–Crippen LogP) is 5.26. The molecule has 1 N–H and O–H groups in total. The van der Waals surface area contributed by atoms with Gasteiger partial charge in [-0.25, -0.2) is 13.8 Å². The number of methoxy groups -OCH3 is 1. The van der Waals surface area contributed by atoms with Gasteiger partial charge in [0.1, 0.15) is 5.75 Å². The van der Waals surface area contributed by atoms with Crippen LogP contribution in [0.5, 0.6) is 11.6 Å². The highest BCUT2D eigenvalue weighted by Gasteiger charge is 2.36. The van der Waals surface area contributed by atoms with Gasteiger partial charge in [0.15, 0.2) is 0 Å². The summed E-state index contributed by atoms with van der Waals surface area (Å²) in [4.78, 5) is 3.92. The van der Waals surface area contributed by atoms with Crippen molar-refractivity contribution in [3.63, 3.8) is 0 Å². The van der Waals surface area contributed by atoms with Gasteiger partial charge in [-0.15, -0.1) is 0 Å². The summed E-state index contributed by atoms with van der Waals surface area (Å²) in [6.07, 6.45) is 3.26. The number of nitrogens with zero attached hydrogens (tertiary/aromatic N) is 1. The number of fused-ring (bicyclic) bond motifs is 1. The number of benzene rings is 1. The molecule has 24 heavy (non-hydrogen) atoms. The Balaban J connectivity index is 1.72. The molecule has 1 saturated carbocycles. The minimum absolute atomic E-state index is 0.259. The summed E-state index contributed by atoms with van der Waals surface area (Å²) >= 11 is 0. The Morgan fingerprint density at radius 3 is 2.71 bits per heavy atom. The van der Waals surface area contributed by atoms with E-state index < -0.39 is 11.8 Å². The van der Waals surface area contributed by atoms with E-state index in [4.69, 9.17) is 4.74 Å². The molecule has 1 fully saturated rings. The smallest absolute Gasteiger partial charge is 0.278 e. The first kappa shape index (κ1) is 16.9. The fourth-order valence-electron chi connectivity index (χ4n) is 3.22. The second-order valence-corrected chi connectivity index (χ2v) is 6.84. The average Bonchev–Trinajstić information content (AvgIpc) is 3.25. The fraction of sp³-hybridized carbons (Fsp3) is 0.526. The van der Waals surface area contributed by atoms with Gasteiger partial charge in [-0.05, 0) is 42.9 Å². The topological polar surface area (TPSA) is 42.4 Å². The zero-order chi connectivity index (χ0) is 17.3. The summed E-state index contributed by atoms with van der Waals surface area (Å²) < 4.78 is 34.1. The van der Waals surface area contributed by atoms with E-state index in [2.05, 4.69) is 11.9 Å². The monoisotopic (exact) mass is 335 g/mol. The summed E-state index contributed by atoms with van der Waals surface area (Å²) in [7, 11) is 1.52. The Morgan fingerprint density at radius 2 is 2.04 bits per heavy atom. The molecule has 1 aliphatic carbocycles. The van der Waals surface area contributed by atoms with Crippen molar-refractivity contribution in [2.75, 3.05) is 7.11 Å². The van der Waals surface area contributed by atoms with Gasteiger partial charge in [-0.1, -0.05) is 19.8 Å². The number of hydrogen-bond acceptors (Lipinski definition) is 3. The van der Waals surface area contributed by atoms with Gasteiger partial charge in [0, 0.05) is 17.9 Å². The van der Waals surface area contributed by atoms with Gasteiger partial charge < -0.3 is 9.84 Å². The molecule has 1 aliphatic rings. The van der Waals surface area contributed by atoms with Gasteiger partial charge in [-0.3, -0.25) is 0 Å². The number of halogens is 2. The lowest BCUT2D eigenvalue weighted by Crippen LogP contribution is -2.14. The van der Waals surface area contributed by atoms with Crippen LogP contribution in [0.4, 0.5) is 8.78 Å². The van der Waals surface area contributed by atoms with E-state index in [0.717, 1.165) is 24.7 Å². The molecule has 1 heterocycles. The number of hydrogen-bond donors (Lipinski definition) is 1. The first-order valence-electron chi connectivity index (χ1n) is 8.47. The van der Waals surface area contributed by atoms with Gasteiger partial charge in [0.2, 0.25) is 5.88 Å². The molecule has 0 aliphatic heterocycles. The minimum atomic E-state index is -3.07. The van der Waals surface area contributed by atoms with Gasteiger partial charge in [-0.2, -0.15) is 0 Å². The van der Waals surface area contributed by atoms with Crippen LogP contribution < -0.4 is 4.74 Å². The first-order valence-corrected chi connectivity index (χ1v) is 8.47. The van der Waals surface area contributed by atoms with Crippen LogP contribution in [0.3, 0.4) is 0 Å². The van der Waals surface area contributed by atoms with E-state index in [1.807, 2.05) is 0 Å². The molecular formula is C19H23F2NO2. The Kier molecular flexibility index (Phi) is 4.61. The van der Waals surface area contributed by atoms with E-state index in [0.29, 0.717) is 23.1 Å². The third kappa shape index (κ3) is 3.60. The van der Waals surface area contributed by atoms with Gasteiger partial charge in [0.05, 0.1) is 18.2 Å². The van der Waals surface area contributed by atoms with Gasteiger partial charge >= 0.3 is 0 Å². The van der Waals surface area contributed by atoms with E-state index in [-0.39, 0.29) is 12.0 Å². The Labute approximate surface area is 140 Å². The summed E-state index contributed by atoms with van der Waals surface area (Å²) in [6, 6.07) is 6.32. The molecule has 0 saturated heterocycles. The summed E-state index contributed by atoms with van der Waals surface area (Å²) in [6.45, 7) is 2.20. The number of unbranched alkanes of at least 4 members (excludes halogenated alkanes) is 1. The number of aromatic hydroxyl groups is 1. The number of ether oxygens (including phenoxy) is 1. The van der Waals surface area contributed by atoms with E-state index in [1.165, 1.54) is 19.6 Å². The van der Waals surface area contributed by atoms with Crippen LogP contribution in [0, 0.1) is 11.8 Å². The molecule has 0 radical (unpaired) electrons. The quantitative estimate of drug-likeness (QED) is 0.702. The molecule has 130 valence electrons. The molecule has 0 spiro atoms. The Hall–Kier alpha value is -1.91. The highest BCUT2D eigenvalue weighted by molar-refractivity contribution is 5.81. The Morgan fingerprint density at radius 1 is 1.29 bits per heavy atom. The van der Waals surface area contributed by atoms with Crippen molar-refractivity contribution in [1.29, 1.82) is 0 Å². The SMILES string of the molecule is COc1ccc2cc(C(F)(F)CCCCC3CC3C)c(O)nc2c1. The van der Waals surface area contributed by atoms with Crippen molar-refractivity contribution in [3.05, 3.63) is 29.8 Å². The molecule has 5 heteroatoms. The highest BCUT2D eigenvalue weighted by Crippen LogP contribution is 2.43. The van der Waals surface area contributed by atoms with Crippen molar-refractivity contribution in [2.45, 2.75) is 45.0 Å². The maximum absolute atomic E-state index is 14.5. The van der Waals surface area contributed by atoms with Gasteiger partial charge in [0.25, 0.3) is 5.92 Å². The predicted molar refractivity (Wildman–Crippen MR) is 89.6 cm³/mol. The van der Waals surface area contributed by atoms with Crippen molar-refractivity contribution in [1.82, 2.24) is 4.98 Å². The lowest BCUT2D eigenvalue weighted by Gasteiger charge is -2.18. The third-order valence-corrected chi connectivity index (χ3v) is 4.99.